The first kappa shape index (κ1) is 19.9. The summed E-state index contributed by atoms with van der Waals surface area (Å²) in [6, 6.07) is 15.2. The summed E-state index contributed by atoms with van der Waals surface area (Å²) in [7, 11) is 0. The largest absolute Gasteiger partial charge is 0.368 e. The van der Waals surface area contributed by atoms with E-state index in [9.17, 15) is 0 Å². The molecule has 0 unspecified atom stereocenters. The fourth-order valence-electron chi connectivity index (χ4n) is 2.66. The van der Waals surface area contributed by atoms with Crippen molar-refractivity contribution in [2.75, 3.05) is 16.9 Å². The number of nitrogen functional groups attached to an aromatic ring is 2. The van der Waals surface area contributed by atoms with Crippen LogP contribution in [0.25, 0.3) is 11.4 Å². The number of thioether (sulfide) groups is 1. The van der Waals surface area contributed by atoms with Crippen molar-refractivity contribution in [3.63, 3.8) is 0 Å². The molecule has 11 heteroatoms. The van der Waals surface area contributed by atoms with Gasteiger partial charge in [0.15, 0.2) is 5.82 Å². The Morgan fingerprint density at radius 2 is 1.80 bits per heavy atom. The predicted octanol–water partition coefficient (Wildman–Crippen LogP) is 3.42. The fourth-order valence-corrected chi connectivity index (χ4v) is 3.59. The summed E-state index contributed by atoms with van der Waals surface area (Å²) in [5, 5.41) is 12.5. The number of nitrogens with two attached hydrogens (primary N) is 2. The van der Waals surface area contributed by atoms with Crippen LogP contribution in [-0.4, -0.2) is 29.8 Å². The number of nitrogens with one attached hydrogen (secondary N) is 1. The van der Waals surface area contributed by atoms with E-state index in [2.05, 4.69) is 30.5 Å². The van der Waals surface area contributed by atoms with Gasteiger partial charge in [0.25, 0.3) is 0 Å². The van der Waals surface area contributed by atoms with Gasteiger partial charge in [0.1, 0.15) is 5.82 Å². The Morgan fingerprint density at radius 3 is 2.57 bits per heavy atom. The molecule has 30 heavy (non-hydrogen) atoms. The second-order valence-electron chi connectivity index (χ2n) is 6.37. The standard InChI is InChI=1S/C19H18ClN9S/c1-11-6-8-12(9-7-11)23-18-25-15(24-17(21)26-18)10-30-19-28-27-16(29(19)22)13-4-2-3-5-14(13)20/h2-9H,10,22H2,1H3,(H3,21,23,24,25,26). The zero-order valence-corrected chi connectivity index (χ0v) is 17.5. The summed E-state index contributed by atoms with van der Waals surface area (Å²) in [6.07, 6.45) is 0. The Kier molecular flexibility index (Phi) is 5.68. The van der Waals surface area contributed by atoms with Gasteiger partial charge in [-0.1, -0.05) is 53.2 Å². The molecule has 4 rings (SSSR count). The molecule has 0 aliphatic heterocycles. The molecule has 2 heterocycles. The van der Waals surface area contributed by atoms with E-state index in [-0.39, 0.29) is 5.95 Å². The van der Waals surface area contributed by atoms with Gasteiger partial charge in [-0.2, -0.15) is 15.0 Å². The molecule has 2 aromatic carbocycles. The van der Waals surface area contributed by atoms with E-state index in [0.29, 0.717) is 39.1 Å². The van der Waals surface area contributed by atoms with Crippen molar-refractivity contribution in [3.8, 4) is 11.4 Å². The zero-order chi connectivity index (χ0) is 21.1. The molecule has 0 aliphatic carbocycles. The Hall–Kier alpha value is -3.37. The minimum atomic E-state index is 0.126. The molecule has 9 nitrogen and oxygen atoms in total. The number of aromatic nitrogens is 6. The molecule has 0 amide bonds. The summed E-state index contributed by atoms with van der Waals surface area (Å²) >= 11 is 7.56. The van der Waals surface area contributed by atoms with Gasteiger partial charge >= 0.3 is 0 Å². The number of hydrogen-bond acceptors (Lipinski definition) is 9. The van der Waals surface area contributed by atoms with E-state index < -0.39 is 0 Å². The average Bonchev–Trinajstić information content (AvgIpc) is 3.08. The average molecular weight is 440 g/mol. The van der Waals surface area contributed by atoms with Gasteiger partial charge < -0.3 is 16.9 Å². The van der Waals surface area contributed by atoms with Gasteiger partial charge in [-0.05, 0) is 31.2 Å². The first-order valence-electron chi connectivity index (χ1n) is 8.92. The third-order valence-electron chi connectivity index (χ3n) is 4.12. The van der Waals surface area contributed by atoms with Crippen LogP contribution in [0.15, 0.2) is 53.7 Å². The SMILES string of the molecule is Cc1ccc(Nc2nc(N)nc(CSc3nnc(-c4ccccc4Cl)n3N)n2)cc1. The molecule has 0 atom stereocenters. The van der Waals surface area contributed by atoms with Crippen LogP contribution in [0, 0.1) is 6.92 Å². The molecule has 0 fully saturated rings. The highest BCUT2D eigenvalue weighted by Gasteiger charge is 2.15. The minimum Gasteiger partial charge on any atom is -0.368 e. The number of aryl methyl sites for hydroxylation is 1. The van der Waals surface area contributed by atoms with Crippen molar-refractivity contribution in [2.24, 2.45) is 0 Å². The van der Waals surface area contributed by atoms with Crippen LogP contribution in [0.4, 0.5) is 17.6 Å². The van der Waals surface area contributed by atoms with Crippen LogP contribution in [0.2, 0.25) is 5.02 Å². The van der Waals surface area contributed by atoms with Crippen LogP contribution in [0.5, 0.6) is 0 Å². The van der Waals surface area contributed by atoms with Crippen LogP contribution in [0.1, 0.15) is 11.4 Å². The van der Waals surface area contributed by atoms with Crippen molar-refractivity contribution >= 4 is 40.9 Å². The van der Waals surface area contributed by atoms with Crippen LogP contribution in [0.3, 0.4) is 0 Å². The Balaban J connectivity index is 1.50. The number of hydrogen-bond donors (Lipinski definition) is 3. The van der Waals surface area contributed by atoms with Gasteiger partial charge in [0, 0.05) is 11.3 Å². The van der Waals surface area contributed by atoms with E-state index >= 15 is 0 Å². The lowest BCUT2D eigenvalue weighted by Gasteiger charge is -2.08. The van der Waals surface area contributed by atoms with Crippen molar-refractivity contribution < 1.29 is 0 Å². The summed E-state index contributed by atoms with van der Waals surface area (Å²) in [6.45, 7) is 2.02. The molecular weight excluding hydrogens is 422 g/mol. The van der Waals surface area contributed by atoms with Gasteiger partial charge in [-0.3, -0.25) is 0 Å². The number of halogens is 1. The molecule has 0 radical (unpaired) electrons. The second kappa shape index (κ2) is 8.56. The van der Waals surface area contributed by atoms with Gasteiger partial charge in [0.05, 0.1) is 10.8 Å². The maximum absolute atomic E-state index is 6.23. The van der Waals surface area contributed by atoms with E-state index in [4.69, 9.17) is 23.2 Å². The van der Waals surface area contributed by atoms with Gasteiger partial charge in [0.2, 0.25) is 17.1 Å². The molecular formula is C19H18ClN9S. The van der Waals surface area contributed by atoms with Crippen LogP contribution in [-0.2, 0) is 5.75 Å². The Morgan fingerprint density at radius 1 is 1.03 bits per heavy atom. The molecule has 0 spiro atoms. The van der Waals surface area contributed by atoms with Gasteiger partial charge in [-0.25, -0.2) is 4.68 Å². The smallest absolute Gasteiger partial charge is 0.232 e. The van der Waals surface area contributed by atoms with E-state index in [1.54, 1.807) is 6.07 Å². The van der Waals surface area contributed by atoms with Crippen molar-refractivity contribution in [1.82, 2.24) is 29.8 Å². The lowest BCUT2D eigenvalue weighted by molar-refractivity contribution is 0.847. The lowest BCUT2D eigenvalue weighted by Crippen LogP contribution is -2.12. The van der Waals surface area contributed by atoms with E-state index in [0.717, 1.165) is 11.3 Å². The third-order valence-corrected chi connectivity index (χ3v) is 5.39. The molecule has 2 aromatic heterocycles. The maximum atomic E-state index is 6.23. The first-order chi connectivity index (χ1) is 14.5. The monoisotopic (exact) mass is 439 g/mol. The third kappa shape index (κ3) is 4.44. The van der Waals surface area contributed by atoms with Gasteiger partial charge in [-0.15, -0.1) is 10.2 Å². The van der Waals surface area contributed by atoms with Crippen LogP contribution >= 0.6 is 23.4 Å². The summed E-state index contributed by atoms with van der Waals surface area (Å²) in [5.74, 6) is 8.00. The Labute approximate surface area is 181 Å². The quantitative estimate of drug-likeness (QED) is 0.305. The molecule has 0 saturated heterocycles. The molecule has 4 aromatic rings. The Bertz CT molecular complexity index is 1180. The zero-order valence-electron chi connectivity index (χ0n) is 16.0. The maximum Gasteiger partial charge on any atom is 0.232 e. The number of anilines is 3. The predicted molar refractivity (Wildman–Crippen MR) is 119 cm³/mol. The van der Waals surface area contributed by atoms with Crippen LogP contribution < -0.4 is 16.9 Å². The highest BCUT2D eigenvalue weighted by Crippen LogP contribution is 2.28. The van der Waals surface area contributed by atoms with Crippen molar-refractivity contribution in [1.29, 1.82) is 0 Å². The minimum absolute atomic E-state index is 0.126. The van der Waals surface area contributed by atoms with Crippen molar-refractivity contribution in [3.05, 3.63) is 64.9 Å². The highest BCUT2D eigenvalue weighted by atomic mass is 35.5. The van der Waals surface area contributed by atoms with E-state index in [1.165, 1.54) is 16.4 Å². The lowest BCUT2D eigenvalue weighted by atomic mass is 10.2. The highest BCUT2D eigenvalue weighted by molar-refractivity contribution is 7.98. The summed E-state index contributed by atoms with van der Waals surface area (Å²) < 4.78 is 1.39. The fraction of sp³-hybridized carbons (Fsp3) is 0.105. The molecule has 5 N–H and O–H groups in total. The number of nitrogens with zero attached hydrogens (tertiary/aromatic N) is 6. The molecule has 0 bridgehead atoms. The summed E-state index contributed by atoms with van der Waals surface area (Å²) in [5.41, 5.74) is 8.57. The molecule has 152 valence electrons. The molecule has 0 aliphatic rings. The van der Waals surface area contributed by atoms with E-state index in [1.807, 2.05) is 49.4 Å². The van der Waals surface area contributed by atoms with Crippen molar-refractivity contribution in [2.45, 2.75) is 17.8 Å². The topological polar surface area (TPSA) is 133 Å². The number of rotatable bonds is 6. The summed E-state index contributed by atoms with van der Waals surface area (Å²) in [4.78, 5) is 12.8. The first-order valence-corrected chi connectivity index (χ1v) is 10.3. The molecule has 0 saturated carbocycles. The number of benzene rings is 2. The second-order valence-corrected chi connectivity index (χ2v) is 7.72. The normalized spacial score (nSPS) is 10.9.